The molecule has 38 heavy (non-hydrogen) atoms. The molecule has 2 aromatic heterocycles. The van der Waals surface area contributed by atoms with Crippen LogP contribution in [0.25, 0.3) is 11.3 Å². The number of nitrogens with zero attached hydrogens (tertiary/aromatic N) is 2. The highest BCUT2D eigenvalue weighted by Gasteiger charge is 2.33. The summed E-state index contributed by atoms with van der Waals surface area (Å²) < 4.78 is 10.7. The highest BCUT2D eigenvalue weighted by molar-refractivity contribution is 6.33. The summed E-state index contributed by atoms with van der Waals surface area (Å²) >= 11 is 6.54. The van der Waals surface area contributed by atoms with Crippen LogP contribution in [0.2, 0.25) is 5.02 Å². The van der Waals surface area contributed by atoms with Crippen LogP contribution in [-0.4, -0.2) is 65.5 Å². The Hall–Kier alpha value is -2.46. The zero-order valence-electron chi connectivity index (χ0n) is 22.7. The molecule has 0 bridgehead atoms. The van der Waals surface area contributed by atoms with E-state index in [1.807, 2.05) is 45.0 Å². The number of halogens is 1. The molecule has 2 aliphatic rings. The van der Waals surface area contributed by atoms with Crippen LogP contribution in [-0.2, 0) is 14.3 Å². The summed E-state index contributed by atoms with van der Waals surface area (Å²) in [5.74, 6) is 1.32. The summed E-state index contributed by atoms with van der Waals surface area (Å²) in [5.41, 5.74) is 7.14. The summed E-state index contributed by atoms with van der Waals surface area (Å²) in [5, 5.41) is 11.0. The largest absolute Gasteiger partial charge is 0.465 e. The van der Waals surface area contributed by atoms with Gasteiger partial charge < -0.3 is 25.8 Å². The molecular weight excluding hydrogens is 504 g/mol. The molecule has 208 valence electrons. The highest BCUT2D eigenvalue weighted by Crippen LogP contribution is 2.31. The van der Waals surface area contributed by atoms with Gasteiger partial charge in [0.2, 0.25) is 0 Å². The lowest BCUT2D eigenvalue weighted by molar-refractivity contribution is -0.150. The average molecular weight is 545 g/mol. The Morgan fingerprint density at radius 2 is 1.89 bits per heavy atom. The Labute approximate surface area is 230 Å². The van der Waals surface area contributed by atoms with Gasteiger partial charge in [0.25, 0.3) is 0 Å². The van der Waals surface area contributed by atoms with E-state index in [1.54, 1.807) is 6.20 Å². The topological polar surface area (TPSA) is 123 Å². The highest BCUT2D eigenvalue weighted by atomic mass is 35.5. The molecule has 2 aromatic rings. The SMILES string of the molecule is CCOC(=O)C(C)(C)NC1CCC(Nc2cc(-c3cccc(NCC4(N)CCOCC4)n3)c(Cl)cn2)CC1. The van der Waals surface area contributed by atoms with Crippen LogP contribution in [0.5, 0.6) is 0 Å². The lowest BCUT2D eigenvalue weighted by Crippen LogP contribution is -2.53. The minimum absolute atomic E-state index is 0.211. The molecule has 2 fully saturated rings. The lowest BCUT2D eigenvalue weighted by atomic mass is 9.89. The molecule has 9 nitrogen and oxygen atoms in total. The second-order valence-electron chi connectivity index (χ2n) is 11.0. The molecule has 0 spiro atoms. The number of hydrogen-bond donors (Lipinski definition) is 4. The summed E-state index contributed by atoms with van der Waals surface area (Å²) in [6.07, 6.45) is 7.19. The third kappa shape index (κ3) is 7.56. The number of nitrogens with one attached hydrogen (secondary N) is 3. The smallest absolute Gasteiger partial charge is 0.325 e. The average Bonchev–Trinajstić information content (AvgIpc) is 2.90. The number of hydrogen-bond acceptors (Lipinski definition) is 9. The number of anilines is 2. The van der Waals surface area contributed by atoms with Crippen molar-refractivity contribution < 1.29 is 14.3 Å². The second kappa shape index (κ2) is 12.6. The van der Waals surface area contributed by atoms with Crippen LogP contribution in [0.3, 0.4) is 0 Å². The molecule has 1 aliphatic carbocycles. The van der Waals surface area contributed by atoms with Crippen LogP contribution in [0.4, 0.5) is 11.6 Å². The van der Waals surface area contributed by atoms with Gasteiger partial charge >= 0.3 is 5.97 Å². The van der Waals surface area contributed by atoms with Gasteiger partial charge in [0.15, 0.2) is 0 Å². The van der Waals surface area contributed by atoms with Gasteiger partial charge in [-0.15, -0.1) is 0 Å². The van der Waals surface area contributed by atoms with Gasteiger partial charge in [-0.1, -0.05) is 17.7 Å². The Morgan fingerprint density at radius 3 is 2.61 bits per heavy atom. The molecule has 5 N–H and O–H groups in total. The molecule has 10 heteroatoms. The van der Waals surface area contributed by atoms with Gasteiger partial charge in [0.1, 0.15) is 17.2 Å². The number of nitrogens with two attached hydrogens (primary N) is 1. The molecule has 1 saturated carbocycles. The number of rotatable bonds is 10. The first kappa shape index (κ1) is 28.5. The third-order valence-corrected chi connectivity index (χ3v) is 7.72. The van der Waals surface area contributed by atoms with E-state index in [-0.39, 0.29) is 17.6 Å². The summed E-state index contributed by atoms with van der Waals surface area (Å²) in [7, 11) is 0. The van der Waals surface area contributed by atoms with E-state index in [0.717, 1.165) is 61.4 Å². The monoisotopic (exact) mass is 544 g/mol. The zero-order chi connectivity index (χ0) is 27.2. The van der Waals surface area contributed by atoms with Crippen molar-refractivity contribution in [2.45, 2.75) is 82.5 Å². The number of esters is 1. The molecular formula is C28H41ClN6O3. The number of aromatic nitrogens is 2. The molecule has 1 saturated heterocycles. The van der Waals surface area contributed by atoms with E-state index in [0.29, 0.717) is 37.4 Å². The Bertz CT molecular complexity index is 1080. The predicted molar refractivity (Wildman–Crippen MR) is 151 cm³/mol. The fraction of sp³-hybridized carbons (Fsp3) is 0.607. The number of carbonyl (C=O) groups is 1. The maximum atomic E-state index is 12.2. The first-order valence-electron chi connectivity index (χ1n) is 13.6. The molecule has 0 unspecified atom stereocenters. The van der Waals surface area contributed by atoms with Gasteiger partial charge in [0, 0.05) is 49.1 Å². The van der Waals surface area contributed by atoms with Crippen molar-refractivity contribution in [1.82, 2.24) is 15.3 Å². The molecule has 1 aliphatic heterocycles. The summed E-state index contributed by atoms with van der Waals surface area (Å²) in [6, 6.07) is 8.39. The summed E-state index contributed by atoms with van der Waals surface area (Å²) in [6.45, 7) is 8.00. The van der Waals surface area contributed by atoms with Crippen molar-refractivity contribution in [3.8, 4) is 11.3 Å². The Morgan fingerprint density at radius 1 is 1.18 bits per heavy atom. The fourth-order valence-electron chi connectivity index (χ4n) is 5.09. The normalized spacial score (nSPS) is 21.5. The zero-order valence-corrected chi connectivity index (χ0v) is 23.4. The lowest BCUT2D eigenvalue weighted by Gasteiger charge is -2.35. The van der Waals surface area contributed by atoms with E-state index in [2.05, 4.69) is 20.9 Å². The van der Waals surface area contributed by atoms with Crippen molar-refractivity contribution in [2.75, 3.05) is 37.0 Å². The molecule has 0 aromatic carbocycles. The second-order valence-corrected chi connectivity index (χ2v) is 11.4. The Kier molecular flexibility index (Phi) is 9.46. The van der Waals surface area contributed by atoms with Crippen LogP contribution >= 0.6 is 11.6 Å². The van der Waals surface area contributed by atoms with Crippen molar-refractivity contribution in [3.63, 3.8) is 0 Å². The van der Waals surface area contributed by atoms with Crippen LogP contribution in [0, 0.1) is 0 Å². The van der Waals surface area contributed by atoms with Crippen molar-refractivity contribution in [1.29, 1.82) is 0 Å². The molecule has 0 atom stereocenters. The van der Waals surface area contributed by atoms with Gasteiger partial charge in [-0.2, -0.15) is 0 Å². The van der Waals surface area contributed by atoms with Crippen molar-refractivity contribution in [2.24, 2.45) is 5.73 Å². The van der Waals surface area contributed by atoms with E-state index >= 15 is 0 Å². The van der Waals surface area contributed by atoms with Crippen LogP contribution in [0.15, 0.2) is 30.5 Å². The first-order valence-corrected chi connectivity index (χ1v) is 14.0. The molecule has 0 radical (unpaired) electrons. The van der Waals surface area contributed by atoms with Crippen molar-refractivity contribution >= 4 is 29.2 Å². The summed E-state index contributed by atoms with van der Waals surface area (Å²) in [4.78, 5) is 21.5. The van der Waals surface area contributed by atoms with E-state index in [9.17, 15) is 4.79 Å². The van der Waals surface area contributed by atoms with Gasteiger partial charge in [-0.3, -0.25) is 10.1 Å². The minimum Gasteiger partial charge on any atom is -0.465 e. The first-order chi connectivity index (χ1) is 18.2. The quantitative estimate of drug-likeness (QED) is 0.323. The predicted octanol–water partition coefficient (Wildman–Crippen LogP) is 4.37. The maximum Gasteiger partial charge on any atom is 0.325 e. The fourth-order valence-corrected chi connectivity index (χ4v) is 5.29. The van der Waals surface area contributed by atoms with Gasteiger partial charge in [-0.25, -0.2) is 9.97 Å². The molecule has 4 rings (SSSR count). The molecule has 3 heterocycles. The third-order valence-electron chi connectivity index (χ3n) is 7.42. The Balaban J connectivity index is 1.35. The van der Waals surface area contributed by atoms with E-state index in [1.165, 1.54) is 0 Å². The number of ether oxygens (including phenoxy) is 2. The van der Waals surface area contributed by atoms with Gasteiger partial charge in [-0.05, 0) is 77.5 Å². The molecule has 0 amide bonds. The van der Waals surface area contributed by atoms with E-state index < -0.39 is 5.54 Å². The van der Waals surface area contributed by atoms with Crippen LogP contribution < -0.4 is 21.7 Å². The van der Waals surface area contributed by atoms with E-state index in [4.69, 9.17) is 31.8 Å². The van der Waals surface area contributed by atoms with Gasteiger partial charge in [0.05, 0.1) is 17.3 Å². The standard InChI is InChI=1S/C28H41ClN6O3/c1-4-38-26(36)27(2,3)35-20-10-8-19(9-11-20)33-25-16-21(22(29)17-31-25)23-6-5-7-24(34-23)32-18-28(30)12-14-37-15-13-28/h5-7,16-17,19-20,35H,4,8-15,18,30H2,1-3H3,(H,31,33)(H,32,34). The number of carbonyl (C=O) groups excluding carboxylic acids is 1. The number of pyridine rings is 2. The maximum absolute atomic E-state index is 12.2. The van der Waals surface area contributed by atoms with Crippen molar-refractivity contribution in [3.05, 3.63) is 35.5 Å². The van der Waals surface area contributed by atoms with Crippen LogP contribution in [0.1, 0.15) is 59.3 Å². The minimum atomic E-state index is -0.695.